The zero-order valence-corrected chi connectivity index (χ0v) is 15.6. The van der Waals surface area contributed by atoms with Crippen molar-refractivity contribution in [2.75, 3.05) is 29.6 Å². The first-order valence-electron chi connectivity index (χ1n) is 8.50. The van der Waals surface area contributed by atoms with E-state index < -0.39 is 14.8 Å². The molecule has 3 rings (SSSR count). The zero-order chi connectivity index (χ0) is 19.6. The predicted molar refractivity (Wildman–Crippen MR) is 101 cm³/mol. The van der Waals surface area contributed by atoms with Gasteiger partial charge in [0.25, 0.3) is 5.69 Å². The number of nitro groups is 1. The van der Waals surface area contributed by atoms with E-state index in [4.69, 9.17) is 0 Å². The Bertz CT molecular complexity index is 965. The number of hydrogen-bond donors (Lipinski definition) is 1. The number of nitrogens with one attached hydrogen (secondary N) is 1. The number of anilines is 2. The number of para-hydroxylation sites is 1. The highest BCUT2D eigenvalue weighted by molar-refractivity contribution is 7.90. The van der Waals surface area contributed by atoms with Crippen molar-refractivity contribution in [1.82, 2.24) is 0 Å². The van der Waals surface area contributed by atoms with Gasteiger partial charge >= 0.3 is 0 Å². The van der Waals surface area contributed by atoms with Gasteiger partial charge in [0.15, 0.2) is 9.84 Å². The number of rotatable bonds is 5. The lowest BCUT2D eigenvalue weighted by molar-refractivity contribution is -0.384. The van der Waals surface area contributed by atoms with Crippen LogP contribution in [0.1, 0.15) is 12.8 Å². The van der Waals surface area contributed by atoms with E-state index in [0.717, 1.165) is 25.2 Å². The van der Waals surface area contributed by atoms with Gasteiger partial charge in [-0.05, 0) is 37.1 Å². The van der Waals surface area contributed by atoms with Gasteiger partial charge in [0.2, 0.25) is 0 Å². The molecule has 0 amide bonds. The average molecular weight is 393 g/mol. The maximum absolute atomic E-state index is 14.0. The largest absolute Gasteiger partial charge is 0.375 e. The van der Waals surface area contributed by atoms with Gasteiger partial charge in [-0.3, -0.25) is 10.1 Å². The van der Waals surface area contributed by atoms with Crippen LogP contribution in [-0.2, 0) is 9.84 Å². The van der Waals surface area contributed by atoms with Gasteiger partial charge in [0.1, 0.15) is 11.5 Å². The lowest BCUT2D eigenvalue weighted by atomic mass is 10.0. The summed E-state index contributed by atoms with van der Waals surface area (Å²) in [5.74, 6) is -0.304. The Morgan fingerprint density at radius 1 is 1.26 bits per heavy atom. The summed E-state index contributed by atoms with van der Waals surface area (Å²) >= 11 is 0. The van der Waals surface area contributed by atoms with Crippen molar-refractivity contribution in [3.63, 3.8) is 0 Å². The van der Waals surface area contributed by atoms with Crippen LogP contribution in [0.2, 0.25) is 0 Å². The van der Waals surface area contributed by atoms with Gasteiger partial charge in [-0.25, -0.2) is 12.8 Å². The maximum Gasteiger partial charge on any atom is 0.293 e. The smallest absolute Gasteiger partial charge is 0.293 e. The van der Waals surface area contributed by atoms with Crippen LogP contribution in [0.25, 0.3) is 0 Å². The second-order valence-electron chi connectivity index (χ2n) is 6.59. The average Bonchev–Trinajstić information content (AvgIpc) is 2.61. The summed E-state index contributed by atoms with van der Waals surface area (Å²) < 4.78 is 37.4. The minimum atomic E-state index is -3.54. The summed E-state index contributed by atoms with van der Waals surface area (Å²) in [6, 6.07) is 10.2. The van der Waals surface area contributed by atoms with Crippen LogP contribution in [0.5, 0.6) is 0 Å². The van der Waals surface area contributed by atoms with Crippen molar-refractivity contribution < 1.29 is 17.7 Å². The highest BCUT2D eigenvalue weighted by atomic mass is 32.2. The van der Waals surface area contributed by atoms with Gasteiger partial charge < -0.3 is 10.2 Å². The maximum atomic E-state index is 14.0. The molecule has 1 heterocycles. The van der Waals surface area contributed by atoms with E-state index in [1.165, 1.54) is 18.2 Å². The number of benzene rings is 2. The number of sulfone groups is 1. The van der Waals surface area contributed by atoms with E-state index >= 15 is 0 Å². The van der Waals surface area contributed by atoms with Crippen LogP contribution in [0.15, 0.2) is 47.4 Å². The summed E-state index contributed by atoms with van der Waals surface area (Å²) in [6.07, 6.45) is 2.59. The molecule has 1 N–H and O–H groups in total. The van der Waals surface area contributed by atoms with Gasteiger partial charge in [0, 0.05) is 31.5 Å². The molecule has 9 heteroatoms. The van der Waals surface area contributed by atoms with Crippen molar-refractivity contribution in [1.29, 1.82) is 0 Å². The van der Waals surface area contributed by atoms with Gasteiger partial charge in [-0.1, -0.05) is 12.1 Å². The summed E-state index contributed by atoms with van der Waals surface area (Å²) in [5.41, 5.74) is 0.472. The summed E-state index contributed by atoms with van der Waals surface area (Å²) in [5, 5.41) is 14.5. The number of hydrogen-bond acceptors (Lipinski definition) is 6. The monoisotopic (exact) mass is 393 g/mol. The molecule has 0 saturated carbocycles. The van der Waals surface area contributed by atoms with E-state index in [2.05, 4.69) is 5.32 Å². The van der Waals surface area contributed by atoms with E-state index in [0.29, 0.717) is 18.8 Å². The van der Waals surface area contributed by atoms with Crippen molar-refractivity contribution in [3.8, 4) is 0 Å². The van der Waals surface area contributed by atoms with Crippen LogP contribution in [0.3, 0.4) is 0 Å². The van der Waals surface area contributed by atoms with Crippen LogP contribution in [0.4, 0.5) is 21.5 Å². The molecule has 1 unspecified atom stereocenters. The molecule has 1 atom stereocenters. The minimum absolute atomic E-state index is 0.101. The topological polar surface area (TPSA) is 92.6 Å². The molecule has 0 aromatic heterocycles. The Labute approximate surface area is 156 Å². The van der Waals surface area contributed by atoms with Crippen LogP contribution in [-0.4, -0.2) is 38.7 Å². The molecular formula is C18H20FN3O4S. The Balaban J connectivity index is 1.82. The third-order valence-electron chi connectivity index (χ3n) is 4.57. The molecule has 0 spiro atoms. The third-order valence-corrected chi connectivity index (χ3v) is 5.68. The van der Waals surface area contributed by atoms with E-state index in [1.807, 2.05) is 4.90 Å². The Morgan fingerprint density at radius 2 is 2.00 bits per heavy atom. The highest BCUT2D eigenvalue weighted by Gasteiger charge is 2.25. The van der Waals surface area contributed by atoms with Crippen molar-refractivity contribution in [2.45, 2.75) is 23.8 Å². The summed E-state index contributed by atoms with van der Waals surface area (Å²) in [4.78, 5) is 12.6. The first-order chi connectivity index (χ1) is 12.8. The summed E-state index contributed by atoms with van der Waals surface area (Å²) in [7, 11) is -3.54. The van der Waals surface area contributed by atoms with Gasteiger partial charge in [0.05, 0.1) is 15.5 Å². The Morgan fingerprint density at radius 3 is 2.67 bits per heavy atom. The second-order valence-corrected chi connectivity index (χ2v) is 8.60. The number of nitrogens with zero attached hydrogens (tertiary/aromatic N) is 2. The lowest BCUT2D eigenvalue weighted by Crippen LogP contribution is -2.42. The molecule has 1 aliphatic rings. The lowest BCUT2D eigenvalue weighted by Gasteiger charge is -2.35. The third kappa shape index (κ3) is 4.36. The molecule has 27 heavy (non-hydrogen) atoms. The SMILES string of the molecule is CS(=O)(=O)c1ccc(NC2CCCN(c3ccccc3F)C2)c([N+](=O)[O-])c1. The van der Waals surface area contributed by atoms with Crippen LogP contribution < -0.4 is 10.2 Å². The molecule has 144 valence electrons. The predicted octanol–water partition coefficient (Wildman–Crippen LogP) is 3.22. The van der Waals surface area contributed by atoms with Crippen LogP contribution >= 0.6 is 0 Å². The molecule has 0 aliphatic carbocycles. The van der Waals surface area contributed by atoms with Crippen molar-refractivity contribution in [3.05, 3.63) is 58.4 Å². The van der Waals surface area contributed by atoms with E-state index in [1.54, 1.807) is 18.2 Å². The standard InChI is InChI=1S/C18H20FN3O4S/c1-27(25,26)14-8-9-16(18(11-14)22(23)24)20-13-5-4-10-21(12-13)17-7-3-2-6-15(17)19/h2-3,6-9,11,13,20H,4-5,10,12H2,1H3. The first-order valence-corrected chi connectivity index (χ1v) is 10.4. The minimum Gasteiger partial charge on any atom is -0.375 e. The van der Waals surface area contributed by atoms with E-state index in [-0.39, 0.29) is 28.1 Å². The second kappa shape index (κ2) is 7.51. The molecule has 0 radical (unpaired) electrons. The molecule has 2 aromatic carbocycles. The fourth-order valence-electron chi connectivity index (χ4n) is 3.26. The molecule has 2 aromatic rings. The Hall–Kier alpha value is -2.68. The van der Waals surface area contributed by atoms with Crippen molar-refractivity contribution in [2.24, 2.45) is 0 Å². The van der Waals surface area contributed by atoms with Gasteiger partial charge in [-0.15, -0.1) is 0 Å². The van der Waals surface area contributed by atoms with Crippen molar-refractivity contribution >= 4 is 26.9 Å². The number of nitro benzene ring substituents is 1. The first kappa shape index (κ1) is 19.1. The highest BCUT2D eigenvalue weighted by Crippen LogP contribution is 2.30. The molecule has 7 nitrogen and oxygen atoms in total. The molecule has 1 aliphatic heterocycles. The van der Waals surface area contributed by atoms with E-state index in [9.17, 15) is 22.9 Å². The fourth-order valence-corrected chi connectivity index (χ4v) is 3.90. The normalized spacial score (nSPS) is 17.6. The van der Waals surface area contributed by atoms with Gasteiger partial charge in [-0.2, -0.15) is 0 Å². The van der Waals surface area contributed by atoms with Crippen LogP contribution in [0, 0.1) is 15.9 Å². The summed E-state index contributed by atoms with van der Waals surface area (Å²) in [6.45, 7) is 1.19. The number of piperidine rings is 1. The molecule has 1 saturated heterocycles. The Kier molecular flexibility index (Phi) is 5.31. The fraction of sp³-hybridized carbons (Fsp3) is 0.333. The molecular weight excluding hydrogens is 373 g/mol. The zero-order valence-electron chi connectivity index (χ0n) is 14.8. The molecule has 1 fully saturated rings. The molecule has 0 bridgehead atoms. The quantitative estimate of drug-likeness (QED) is 0.619. The number of halogens is 1.